The van der Waals surface area contributed by atoms with Crippen LogP contribution < -0.4 is 0 Å². The van der Waals surface area contributed by atoms with Gasteiger partial charge in [0.25, 0.3) is 0 Å². The highest BCUT2D eigenvalue weighted by atomic mass is 13.9. The Balaban J connectivity index is 4.06. The van der Waals surface area contributed by atoms with Crippen molar-refractivity contribution in [2.24, 2.45) is 0 Å². The summed E-state index contributed by atoms with van der Waals surface area (Å²) in [6, 6.07) is 0. The molecule has 0 heterocycles. The van der Waals surface area contributed by atoms with E-state index in [9.17, 15) is 0 Å². The van der Waals surface area contributed by atoms with Crippen molar-refractivity contribution in [2.45, 2.75) is 20.7 Å². The van der Waals surface area contributed by atoms with Crippen molar-refractivity contribution >= 4 is 22.2 Å². The lowest BCUT2D eigenvalue weighted by atomic mass is 9.55. The predicted octanol–water partition coefficient (Wildman–Crippen LogP) is 1.33. The molecule has 0 bridgehead atoms. The molecule has 3 heteroatoms. The second-order valence-corrected chi connectivity index (χ2v) is 2.23. The summed E-state index contributed by atoms with van der Waals surface area (Å²) in [5.41, 5.74) is 2.46. The molecule has 0 atom stereocenters. The zero-order valence-corrected chi connectivity index (χ0v) is 6.89. The standard InChI is InChI=1S/C7H11B3/c1-6(4-9-3)7(2)5-10-8/h4-5H,1-3H3/b6-4+,7-5+. The van der Waals surface area contributed by atoms with Gasteiger partial charge < -0.3 is 0 Å². The fraction of sp³-hybridized carbons (Fsp3) is 0.429. The topological polar surface area (TPSA) is 0 Å². The monoisotopic (exact) mass is 128 g/mol. The number of hydrogen-bond donors (Lipinski definition) is 0. The number of rotatable bonds is 3. The minimum Gasteiger partial charge on any atom is -0.130 e. The summed E-state index contributed by atoms with van der Waals surface area (Å²) in [4.78, 5) is 0. The van der Waals surface area contributed by atoms with Crippen LogP contribution in [-0.2, 0) is 0 Å². The summed E-state index contributed by atoms with van der Waals surface area (Å²) in [6.45, 7) is 6.11. The molecule has 0 nitrogen and oxygen atoms in total. The van der Waals surface area contributed by atoms with Crippen molar-refractivity contribution < 1.29 is 0 Å². The van der Waals surface area contributed by atoms with E-state index in [2.05, 4.69) is 12.9 Å². The molecule has 0 aliphatic carbocycles. The summed E-state index contributed by atoms with van der Waals surface area (Å²) in [5.74, 6) is 3.96. The van der Waals surface area contributed by atoms with E-state index in [1.165, 1.54) is 11.1 Å². The summed E-state index contributed by atoms with van der Waals surface area (Å²) in [5, 5.41) is 0. The van der Waals surface area contributed by atoms with Gasteiger partial charge >= 0.3 is 0 Å². The lowest BCUT2D eigenvalue weighted by Crippen LogP contribution is -1.88. The molecular weight excluding hydrogens is 117 g/mol. The van der Waals surface area contributed by atoms with Crippen molar-refractivity contribution in [3.05, 3.63) is 23.1 Å². The summed E-state index contributed by atoms with van der Waals surface area (Å²) < 4.78 is 0. The Kier molecular flexibility index (Phi) is 5.28. The van der Waals surface area contributed by atoms with E-state index in [-0.39, 0.29) is 0 Å². The summed E-state index contributed by atoms with van der Waals surface area (Å²) in [6.07, 6.45) is 0. The van der Waals surface area contributed by atoms with Crippen molar-refractivity contribution in [3.63, 3.8) is 0 Å². The fourth-order valence-corrected chi connectivity index (χ4v) is 0.657. The van der Waals surface area contributed by atoms with Crippen molar-refractivity contribution in [3.8, 4) is 0 Å². The Labute approximate surface area is 66.7 Å². The molecule has 0 spiro atoms. The molecule has 0 aromatic heterocycles. The van der Waals surface area contributed by atoms with Crippen molar-refractivity contribution in [2.75, 3.05) is 0 Å². The van der Waals surface area contributed by atoms with Gasteiger partial charge in [-0.05, 0) is 13.8 Å². The summed E-state index contributed by atoms with van der Waals surface area (Å²) in [7, 11) is 8.80. The van der Waals surface area contributed by atoms with Gasteiger partial charge in [-0.3, -0.25) is 0 Å². The van der Waals surface area contributed by atoms with Crippen LogP contribution in [0.25, 0.3) is 0 Å². The molecule has 0 amide bonds. The van der Waals surface area contributed by atoms with E-state index >= 15 is 0 Å². The van der Waals surface area contributed by atoms with E-state index in [1.807, 2.05) is 27.0 Å². The van der Waals surface area contributed by atoms with Gasteiger partial charge in [0.15, 0.2) is 0 Å². The van der Waals surface area contributed by atoms with E-state index in [4.69, 9.17) is 7.74 Å². The molecule has 0 aliphatic heterocycles. The molecule has 0 N–H and O–H groups in total. The Morgan fingerprint density at radius 3 is 2.10 bits per heavy atom. The van der Waals surface area contributed by atoms with Gasteiger partial charge in [0.1, 0.15) is 7.28 Å². The van der Waals surface area contributed by atoms with Gasteiger partial charge in [-0.25, -0.2) is 0 Å². The molecule has 0 aliphatic rings. The highest BCUT2D eigenvalue weighted by molar-refractivity contribution is 6.92. The molecule has 4 radical (unpaired) electrons. The van der Waals surface area contributed by atoms with Crippen LogP contribution in [0.2, 0.25) is 6.82 Å². The van der Waals surface area contributed by atoms with Gasteiger partial charge in [0.05, 0.1) is 7.17 Å². The second kappa shape index (κ2) is 5.46. The van der Waals surface area contributed by atoms with Gasteiger partial charge in [-0.2, -0.15) is 0 Å². The molecule has 0 unspecified atom stereocenters. The molecule has 0 saturated heterocycles. The molecule has 0 aromatic carbocycles. The van der Waals surface area contributed by atoms with Crippen LogP contribution >= 0.6 is 0 Å². The van der Waals surface area contributed by atoms with Crippen LogP contribution in [-0.4, -0.2) is 22.2 Å². The molecule has 10 heavy (non-hydrogen) atoms. The lowest BCUT2D eigenvalue weighted by Gasteiger charge is -1.98. The van der Waals surface area contributed by atoms with Crippen LogP contribution in [0.5, 0.6) is 0 Å². The largest absolute Gasteiger partial charge is 0.138 e. The van der Waals surface area contributed by atoms with Gasteiger partial charge in [0, 0.05) is 7.74 Å². The van der Waals surface area contributed by atoms with Gasteiger partial charge in [0.2, 0.25) is 0 Å². The first-order valence-corrected chi connectivity index (χ1v) is 3.40. The lowest BCUT2D eigenvalue weighted by molar-refractivity contribution is 1.37. The minimum atomic E-state index is 1.21. The quantitative estimate of drug-likeness (QED) is 0.397. The van der Waals surface area contributed by atoms with E-state index in [1.54, 1.807) is 7.17 Å². The maximum absolute atomic E-state index is 5.22. The second-order valence-electron chi connectivity index (χ2n) is 2.23. The normalized spacial score (nSPS) is 13.1. The highest BCUT2D eigenvalue weighted by Crippen LogP contribution is 2.05. The zero-order chi connectivity index (χ0) is 7.98. The first-order valence-electron chi connectivity index (χ1n) is 3.40. The third-order valence-corrected chi connectivity index (χ3v) is 1.38. The maximum atomic E-state index is 5.22. The van der Waals surface area contributed by atoms with Crippen LogP contribution in [0.4, 0.5) is 0 Å². The molecule has 0 rings (SSSR count). The van der Waals surface area contributed by atoms with E-state index < -0.39 is 0 Å². The first kappa shape index (κ1) is 9.67. The molecule has 0 fully saturated rings. The Morgan fingerprint density at radius 1 is 1.20 bits per heavy atom. The number of hydrogen-bond acceptors (Lipinski definition) is 0. The van der Waals surface area contributed by atoms with Crippen molar-refractivity contribution in [1.82, 2.24) is 0 Å². The first-order chi connectivity index (χ1) is 4.72. The molecular formula is C7H11B3. The third kappa shape index (κ3) is 3.65. The Hall–Kier alpha value is -0.325. The molecule has 48 valence electrons. The SMILES string of the molecule is [B][B]/C=C(C)/C(C)=C/[B]C. The molecule has 0 saturated carbocycles. The number of allylic oxidation sites excluding steroid dienone is 2. The predicted molar refractivity (Wildman–Crippen MR) is 50.6 cm³/mol. The molecule has 0 aromatic rings. The van der Waals surface area contributed by atoms with Crippen LogP contribution in [0.3, 0.4) is 0 Å². The Bertz CT molecular complexity index is 129. The van der Waals surface area contributed by atoms with Crippen LogP contribution in [0.1, 0.15) is 13.8 Å². The minimum absolute atomic E-state index is 1.21. The fourth-order valence-electron chi connectivity index (χ4n) is 0.657. The van der Waals surface area contributed by atoms with Gasteiger partial charge in [-0.15, -0.1) is 12.0 Å². The van der Waals surface area contributed by atoms with E-state index in [0.29, 0.717) is 0 Å². The van der Waals surface area contributed by atoms with Crippen LogP contribution in [0.15, 0.2) is 23.1 Å². The highest BCUT2D eigenvalue weighted by Gasteiger charge is 1.88. The van der Waals surface area contributed by atoms with Crippen LogP contribution in [0, 0.1) is 0 Å². The van der Waals surface area contributed by atoms with Gasteiger partial charge in [-0.1, -0.05) is 18.0 Å². The third-order valence-electron chi connectivity index (χ3n) is 1.38. The average molecular weight is 128 g/mol. The Morgan fingerprint density at radius 2 is 1.70 bits per heavy atom. The van der Waals surface area contributed by atoms with Crippen molar-refractivity contribution in [1.29, 1.82) is 0 Å². The van der Waals surface area contributed by atoms with E-state index in [0.717, 1.165) is 0 Å². The average Bonchev–Trinajstić information content (AvgIpc) is 1.89. The smallest absolute Gasteiger partial charge is 0.130 e. The zero-order valence-electron chi connectivity index (χ0n) is 6.89. The summed E-state index contributed by atoms with van der Waals surface area (Å²) >= 11 is 0. The maximum Gasteiger partial charge on any atom is 0.138 e.